The van der Waals surface area contributed by atoms with E-state index in [0.29, 0.717) is 6.04 Å². The number of nitrogens with one attached hydrogen (secondary N) is 1. The van der Waals surface area contributed by atoms with E-state index in [-0.39, 0.29) is 0 Å². The molecule has 0 aliphatic heterocycles. The van der Waals surface area contributed by atoms with Crippen molar-refractivity contribution in [2.45, 2.75) is 33.2 Å². The quantitative estimate of drug-likeness (QED) is 0.596. The van der Waals surface area contributed by atoms with Crippen LogP contribution in [0.15, 0.2) is 0 Å². The minimum Gasteiger partial charge on any atom is -0.315 e. The average Bonchev–Trinajstić information content (AvgIpc) is 2.16. The minimum absolute atomic E-state index is 0.660. The van der Waals surface area contributed by atoms with Crippen LogP contribution < -0.4 is 5.32 Å². The van der Waals surface area contributed by atoms with E-state index in [2.05, 4.69) is 38.0 Å². The van der Waals surface area contributed by atoms with Crippen LogP contribution in [0.3, 0.4) is 0 Å². The fourth-order valence-corrected chi connectivity index (χ4v) is 1.72. The number of hydrogen-bond acceptors (Lipinski definition) is 3. The van der Waals surface area contributed by atoms with Crippen LogP contribution in [0.25, 0.3) is 0 Å². The lowest BCUT2D eigenvalue weighted by Crippen LogP contribution is -2.34. The summed E-state index contributed by atoms with van der Waals surface area (Å²) in [6.45, 7) is 10.1. The molecule has 2 nitrogen and oxygen atoms in total. The van der Waals surface area contributed by atoms with Gasteiger partial charge in [0.05, 0.1) is 0 Å². The van der Waals surface area contributed by atoms with Gasteiger partial charge in [0.1, 0.15) is 0 Å². The summed E-state index contributed by atoms with van der Waals surface area (Å²) in [7, 11) is 2.18. The molecule has 0 heterocycles. The monoisotopic (exact) mass is 218 g/mol. The average molecular weight is 218 g/mol. The lowest BCUT2D eigenvalue weighted by Gasteiger charge is -2.20. The van der Waals surface area contributed by atoms with E-state index in [4.69, 9.17) is 0 Å². The van der Waals surface area contributed by atoms with Gasteiger partial charge in [-0.05, 0) is 45.4 Å². The zero-order chi connectivity index (χ0) is 10.8. The van der Waals surface area contributed by atoms with Crippen LogP contribution >= 0.6 is 11.8 Å². The van der Waals surface area contributed by atoms with E-state index < -0.39 is 0 Å². The molecule has 0 aromatic heterocycles. The third-order valence-electron chi connectivity index (χ3n) is 2.37. The largest absolute Gasteiger partial charge is 0.315 e. The molecule has 0 fully saturated rings. The van der Waals surface area contributed by atoms with Gasteiger partial charge in [0, 0.05) is 19.1 Å². The topological polar surface area (TPSA) is 15.3 Å². The molecule has 1 N–H and O–H groups in total. The Hall–Kier alpha value is 0.270. The molecule has 0 aliphatic carbocycles. The van der Waals surface area contributed by atoms with Crippen LogP contribution in [0.5, 0.6) is 0 Å². The number of hydrogen-bond donors (Lipinski definition) is 1. The first-order chi connectivity index (χ1) is 6.68. The summed E-state index contributed by atoms with van der Waals surface area (Å²) < 4.78 is 0. The molecule has 0 atom stereocenters. The maximum absolute atomic E-state index is 3.48. The molecular formula is C11H26N2S. The van der Waals surface area contributed by atoms with Crippen LogP contribution in [0, 0.1) is 0 Å². The van der Waals surface area contributed by atoms with E-state index in [1.165, 1.54) is 24.5 Å². The zero-order valence-corrected chi connectivity index (χ0v) is 11.0. The lowest BCUT2D eigenvalue weighted by atomic mass is 10.3. The van der Waals surface area contributed by atoms with Gasteiger partial charge in [-0.2, -0.15) is 11.8 Å². The second kappa shape index (κ2) is 9.81. The van der Waals surface area contributed by atoms with Crippen LogP contribution in [-0.2, 0) is 0 Å². The third kappa shape index (κ3) is 8.85. The molecule has 3 heteroatoms. The van der Waals surface area contributed by atoms with Crippen LogP contribution in [-0.4, -0.2) is 49.1 Å². The summed E-state index contributed by atoms with van der Waals surface area (Å²) in [5.74, 6) is 2.54. The van der Waals surface area contributed by atoms with Gasteiger partial charge in [0.2, 0.25) is 0 Å². The normalized spacial score (nSPS) is 11.6. The highest BCUT2D eigenvalue weighted by Gasteiger charge is 2.00. The predicted octanol–water partition coefficient (Wildman–Crippen LogP) is 2.06. The van der Waals surface area contributed by atoms with Gasteiger partial charge < -0.3 is 10.2 Å². The van der Waals surface area contributed by atoms with Crippen molar-refractivity contribution in [2.24, 2.45) is 0 Å². The first-order valence-electron chi connectivity index (χ1n) is 5.67. The molecule has 0 spiro atoms. The van der Waals surface area contributed by atoms with E-state index in [1.807, 2.05) is 11.8 Å². The van der Waals surface area contributed by atoms with Crippen LogP contribution in [0.4, 0.5) is 0 Å². The van der Waals surface area contributed by atoms with E-state index >= 15 is 0 Å². The van der Waals surface area contributed by atoms with Gasteiger partial charge >= 0.3 is 0 Å². The second-order valence-corrected chi connectivity index (χ2v) is 5.27. The van der Waals surface area contributed by atoms with Gasteiger partial charge in [-0.3, -0.25) is 0 Å². The molecular weight excluding hydrogens is 192 g/mol. The van der Waals surface area contributed by atoms with Gasteiger partial charge in [0.25, 0.3) is 0 Å². The summed E-state index contributed by atoms with van der Waals surface area (Å²) in [6.07, 6.45) is 1.30. The van der Waals surface area contributed by atoms with Gasteiger partial charge in [0.15, 0.2) is 0 Å². The van der Waals surface area contributed by atoms with Crippen molar-refractivity contribution in [1.82, 2.24) is 10.2 Å². The molecule has 0 radical (unpaired) electrons. The summed E-state index contributed by atoms with van der Waals surface area (Å²) in [5.41, 5.74) is 0. The molecule has 0 aliphatic rings. The molecule has 0 aromatic carbocycles. The van der Waals surface area contributed by atoms with Crippen LogP contribution in [0.1, 0.15) is 27.2 Å². The number of likely N-dealkylation sites (N-methyl/N-ethyl adjacent to an activating group) is 1. The maximum atomic E-state index is 3.48. The lowest BCUT2D eigenvalue weighted by molar-refractivity contribution is 0.273. The van der Waals surface area contributed by atoms with Gasteiger partial charge in [-0.15, -0.1) is 0 Å². The van der Waals surface area contributed by atoms with Crippen molar-refractivity contribution >= 4 is 11.8 Å². The molecule has 0 saturated heterocycles. The first-order valence-corrected chi connectivity index (χ1v) is 6.82. The van der Waals surface area contributed by atoms with E-state index in [9.17, 15) is 0 Å². The molecule has 0 rings (SSSR count). The summed E-state index contributed by atoms with van der Waals surface area (Å²) in [5, 5.41) is 3.48. The molecule has 0 amide bonds. The molecule has 0 bridgehead atoms. The fourth-order valence-electron chi connectivity index (χ4n) is 1.08. The highest BCUT2D eigenvalue weighted by molar-refractivity contribution is 7.99. The SMILES string of the molecule is CCSCCCNCCN(C)C(C)C. The van der Waals surface area contributed by atoms with Crippen molar-refractivity contribution < 1.29 is 0 Å². The number of nitrogens with zero attached hydrogens (tertiary/aromatic N) is 1. The van der Waals surface area contributed by atoms with E-state index in [1.54, 1.807) is 0 Å². The highest BCUT2D eigenvalue weighted by atomic mass is 32.2. The Kier molecular flexibility index (Phi) is 10.0. The van der Waals surface area contributed by atoms with Crippen molar-refractivity contribution in [3.05, 3.63) is 0 Å². The van der Waals surface area contributed by atoms with Crippen molar-refractivity contribution in [3.63, 3.8) is 0 Å². The Labute approximate surface area is 93.8 Å². The van der Waals surface area contributed by atoms with Gasteiger partial charge in [-0.25, -0.2) is 0 Å². The van der Waals surface area contributed by atoms with Crippen molar-refractivity contribution in [3.8, 4) is 0 Å². The third-order valence-corrected chi connectivity index (χ3v) is 3.35. The Balaban J connectivity index is 3.06. The molecule has 0 aromatic rings. The molecule has 14 heavy (non-hydrogen) atoms. The zero-order valence-electron chi connectivity index (χ0n) is 10.2. The molecule has 86 valence electrons. The Morgan fingerprint density at radius 1 is 1.29 bits per heavy atom. The Morgan fingerprint density at radius 2 is 2.00 bits per heavy atom. The minimum atomic E-state index is 0.660. The second-order valence-electron chi connectivity index (χ2n) is 3.87. The number of thioether (sulfide) groups is 1. The Morgan fingerprint density at radius 3 is 2.57 bits per heavy atom. The van der Waals surface area contributed by atoms with Crippen molar-refractivity contribution in [2.75, 3.05) is 38.2 Å². The first kappa shape index (κ1) is 14.3. The predicted molar refractivity (Wildman–Crippen MR) is 68.3 cm³/mol. The van der Waals surface area contributed by atoms with Crippen molar-refractivity contribution in [1.29, 1.82) is 0 Å². The summed E-state index contributed by atoms with van der Waals surface area (Å²) in [4.78, 5) is 2.37. The molecule has 0 saturated carbocycles. The number of rotatable bonds is 9. The van der Waals surface area contributed by atoms with E-state index in [0.717, 1.165) is 13.1 Å². The molecule has 0 unspecified atom stereocenters. The summed E-state index contributed by atoms with van der Waals surface area (Å²) >= 11 is 2.03. The maximum Gasteiger partial charge on any atom is 0.0106 e. The smallest absolute Gasteiger partial charge is 0.0106 e. The fraction of sp³-hybridized carbons (Fsp3) is 1.00. The Bertz CT molecular complexity index is 118. The standard InChI is InChI=1S/C11H26N2S/c1-5-14-10-6-7-12-8-9-13(4)11(2)3/h11-12H,5-10H2,1-4H3. The van der Waals surface area contributed by atoms with Gasteiger partial charge in [-0.1, -0.05) is 6.92 Å². The highest BCUT2D eigenvalue weighted by Crippen LogP contribution is 1.99. The van der Waals surface area contributed by atoms with Crippen LogP contribution in [0.2, 0.25) is 0 Å². The summed E-state index contributed by atoms with van der Waals surface area (Å²) in [6, 6.07) is 0.660.